The van der Waals surface area contributed by atoms with Crippen LogP contribution in [0.5, 0.6) is 5.75 Å². The standard InChI is InChI=1S/C20H21F2N3O6/c1-10-9-31-18-15(22)13(21)6-11-16(18)25(10)7-12(17(11)27)19(28)23-14(8-26)20(29)24-2-4-30-5-3-24/h6-7,10,14,26H,2-5,8-9H2,1H3,(H,23,28)/t10?,14-/m0/s1. The maximum Gasteiger partial charge on any atom is 0.257 e. The van der Waals surface area contributed by atoms with E-state index in [2.05, 4.69) is 5.32 Å². The Bertz CT molecular complexity index is 1110. The highest BCUT2D eigenvalue weighted by molar-refractivity contribution is 6.00. The number of aliphatic hydroxyl groups is 1. The largest absolute Gasteiger partial charge is 0.486 e. The van der Waals surface area contributed by atoms with E-state index in [1.807, 2.05) is 0 Å². The second-order valence-electron chi connectivity index (χ2n) is 7.48. The number of carbonyl (C=O) groups excluding carboxylic acids is 2. The van der Waals surface area contributed by atoms with Crippen LogP contribution in [0.4, 0.5) is 8.78 Å². The first kappa shape index (κ1) is 21.2. The molecule has 0 radical (unpaired) electrons. The Morgan fingerprint density at radius 2 is 2.03 bits per heavy atom. The fourth-order valence-electron chi connectivity index (χ4n) is 3.78. The number of morpholine rings is 1. The Morgan fingerprint density at radius 1 is 1.32 bits per heavy atom. The van der Waals surface area contributed by atoms with E-state index in [1.54, 1.807) is 6.92 Å². The smallest absolute Gasteiger partial charge is 0.257 e. The summed E-state index contributed by atoms with van der Waals surface area (Å²) in [5.41, 5.74) is -1.13. The van der Waals surface area contributed by atoms with Gasteiger partial charge in [0.15, 0.2) is 11.6 Å². The first-order valence-electron chi connectivity index (χ1n) is 9.81. The molecule has 1 aromatic carbocycles. The van der Waals surface area contributed by atoms with Crippen LogP contribution < -0.4 is 15.5 Å². The fraction of sp³-hybridized carbons (Fsp3) is 0.450. The van der Waals surface area contributed by atoms with Crippen molar-refractivity contribution in [1.29, 1.82) is 0 Å². The summed E-state index contributed by atoms with van der Waals surface area (Å²) < 4.78 is 40.2. The highest BCUT2D eigenvalue weighted by Crippen LogP contribution is 2.35. The van der Waals surface area contributed by atoms with E-state index >= 15 is 0 Å². The molecule has 1 saturated heterocycles. The minimum Gasteiger partial charge on any atom is -0.486 e. The van der Waals surface area contributed by atoms with Gasteiger partial charge in [0.05, 0.1) is 36.8 Å². The van der Waals surface area contributed by atoms with Crippen molar-refractivity contribution in [3.63, 3.8) is 0 Å². The number of aromatic nitrogens is 1. The molecule has 9 nitrogen and oxygen atoms in total. The van der Waals surface area contributed by atoms with Crippen molar-refractivity contribution in [1.82, 2.24) is 14.8 Å². The van der Waals surface area contributed by atoms with Crippen molar-refractivity contribution < 1.29 is 33.0 Å². The average Bonchev–Trinajstić information content (AvgIpc) is 2.78. The van der Waals surface area contributed by atoms with Gasteiger partial charge >= 0.3 is 0 Å². The zero-order valence-corrected chi connectivity index (χ0v) is 16.7. The lowest BCUT2D eigenvalue weighted by Crippen LogP contribution is -2.53. The van der Waals surface area contributed by atoms with E-state index in [0.29, 0.717) is 26.3 Å². The maximum atomic E-state index is 14.2. The molecule has 2 aromatic rings. The molecule has 1 fully saturated rings. The molecule has 2 amide bonds. The molecule has 11 heteroatoms. The van der Waals surface area contributed by atoms with Crippen molar-refractivity contribution in [3.8, 4) is 5.75 Å². The van der Waals surface area contributed by atoms with Crippen LogP contribution in [0.25, 0.3) is 10.9 Å². The van der Waals surface area contributed by atoms with Gasteiger partial charge in [-0.1, -0.05) is 0 Å². The van der Waals surface area contributed by atoms with Gasteiger partial charge in [-0.15, -0.1) is 0 Å². The second-order valence-corrected chi connectivity index (χ2v) is 7.48. The summed E-state index contributed by atoms with van der Waals surface area (Å²) in [6.45, 7) is 2.40. The number of benzene rings is 1. The molecule has 2 N–H and O–H groups in total. The molecule has 1 unspecified atom stereocenters. The molecule has 0 bridgehead atoms. The molecule has 0 aliphatic carbocycles. The Kier molecular flexibility index (Phi) is 5.63. The third-order valence-electron chi connectivity index (χ3n) is 5.46. The Balaban J connectivity index is 1.71. The molecular formula is C20H21F2N3O6. The summed E-state index contributed by atoms with van der Waals surface area (Å²) in [6.07, 6.45) is 1.24. The first-order valence-corrected chi connectivity index (χ1v) is 9.81. The highest BCUT2D eigenvalue weighted by Gasteiger charge is 2.31. The Labute approximate surface area is 175 Å². The molecule has 166 valence electrons. The molecule has 2 atom stereocenters. The Hall–Kier alpha value is -3.05. The van der Waals surface area contributed by atoms with Crippen molar-refractivity contribution in [2.75, 3.05) is 39.5 Å². The molecule has 0 saturated carbocycles. The summed E-state index contributed by atoms with van der Waals surface area (Å²) >= 11 is 0. The van der Waals surface area contributed by atoms with Crippen molar-refractivity contribution in [2.45, 2.75) is 19.0 Å². The number of hydrogen-bond acceptors (Lipinski definition) is 6. The van der Waals surface area contributed by atoms with Gasteiger partial charge in [-0.3, -0.25) is 14.4 Å². The van der Waals surface area contributed by atoms with Gasteiger partial charge in [0.2, 0.25) is 17.2 Å². The lowest BCUT2D eigenvalue weighted by atomic mass is 10.1. The molecule has 2 aliphatic rings. The SMILES string of the molecule is CC1COc2c(F)c(F)cc3c(=O)c(C(=O)N[C@@H](CO)C(=O)N4CCOCC4)cn1c23. The van der Waals surface area contributed by atoms with Gasteiger partial charge in [-0.05, 0) is 13.0 Å². The second kappa shape index (κ2) is 8.23. The predicted molar refractivity (Wildman–Crippen MR) is 104 cm³/mol. The van der Waals surface area contributed by atoms with Gasteiger partial charge in [-0.2, -0.15) is 4.39 Å². The normalized spacial score (nSPS) is 19.1. The van der Waals surface area contributed by atoms with Gasteiger partial charge < -0.3 is 29.4 Å². The number of halogens is 2. The van der Waals surface area contributed by atoms with E-state index in [1.165, 1.54) is 15.7 Å². The van der Waals surface area contributed by atoms with Crippen molar-refractivity contribution in [2.24, 2.45) is 0 Å². The zero-order valence-electron chi connectivity index (χ0n) is 16.7. The van der Waals surface area contributed by atoms with E-state index in [9.17, 15) is 28.3 Å². The minimum absolute atomic E-state index is 0.0151. The average molecular weight is 437 g/mol. The van der Waals surface area contributed by atoms with Crippen LogP contribution in [0.1, 0.15) is 23.3 Å². The summed E-state index contributed by atoms with van der Waals surface area (Å²) in [7, 11) is 0. The highest BCUT2D eigenvalue weighted by atomic mass is 19.2. The first-order chi connectivity index (χ1) is 14.8. The Morgan fingerprint density at radius 3 is 2.71 bits per heavy atom. The molecule has 31 heavy (non-hydrogen) atoms. The lowest BCUT2D eigenvalue weighted by molar-refractivity contribution is -0.138. The summed E-state index contributed by atoms with van der Waals surface area (Å²) in [6, 6.07) is -0.896. The van der Waals surface area contributed by atoms with E-state index in [0.717, 1.165) is 6.07 Å². The quantitative estimate of drug-likeness (QED) is 0.707. The van der Waals surface area contributed by atoms with E-state index in [-0.39, 0.29) is 34.9 Å². The number of pyridine rings is 1. The van der Waals surface area contributed by atoms with Crippen LogP contribution in [0, 0.1) is 11.6 Å². The number of aliphatic hydroxyl groups excluding tert-OH is 1. The van der Waals surface area contributed by atoms with Gasteiger partial charge in [-0.25, -0.2) is 4.39 Å². The van der Waals surface area contributed by atoms with E-state index < -0.39 is 41.5 Å². The van der Waals surface area contributed by atoms with E-state index in [4.69, 9.17) is 9.47 Å². The molecule has 3 heterocycles. The number of nitrogens with zero attached hydrogens (tertiary/aromatic N) is 2. The number of carbonyl (C=O) groups is 2. The number of ether oxygens (including phenoxy) is 2. The van der Waals surface area contributed by atoms with Crippen molar-refractivity contribution in [3.05, 3.63) is 39.7 Å². The molecule has 4 rings (SSSR count). The number of rotatable bonds is 4. The minimum atomic E-state index is -1.27. The third-order valence-corrected chi connectivity index (χ3v) is 5.46. The monoisotopic (exact) mass is 437 g/mol. The molecule has 0 spiro atoms. The zero-order chi connectivity index (χ0) is 22.3. The topological polar surface area (TPSA) is 110 Å². The number of amides is 2. The number of hydrogen-bond donors (Lipinski definition) is 2. The van der Waals surface area contributed by atoms with Gasteiger partial charge in [0.25, 0.3) is 5.91 Å². The summed E-state index contributed by atoms with van der Waals surface area (Å²) in [4.78, 5) is 39.9. The molecule has 2 aliphatic heterocycles. The number of nitrogens with one attached hydrogen (secondary N) is 1. The van der Waals surface area contributed by atoms with Crippen molar-refractivity contribution >= 4 is 22.7 Å². The van der Waals surface area contributed by atoms with Crippen LogP contribution in [0.2, 0.25) is 0 Å². The van der Waals surface area contributed by atoms with Crippen LogP contribution in [-0.2, 0) is 9.53 Å². The summed E-state index contributed by atoms with van der Waals surface area (Å²) in [5, 5.41) is 11.8. The molecule has 1 aromatic heterocycles. The fourth-order valence-corrected chi connectivity index (χ4v) is 3.78. The van der Waals surface area contributed by atoms with Crippen LogP contribution in [-0.4, -0.2) is 71.9 Å². The van der Waals surface area contributed by atoms with Gasteiger partial charge in [0.1, 0.15) is 18.2 Å². The van der Waals surface area contributed by atoms with Crippen LogP contribution in [0.15, 0.2) is 17.1 Å². The predicted octanol–water partition coefficient (Wildman–Crippen LogP) is 0.183. The summed E-state index contributed by atoms with van der Waals surface area (Å²) in [5.74, 6) is -4.26. The maximum absolute atomic E-state index is 14.2. The molecular weight excluding hydrogens is 416 g/mol. The lowest BCUT2D eigenvalue weighted by Gasteiger charge is -2.30. The van der Waals surface area contributed by atoms with Gasteiger partial charge in [0, 0.05) is 19.3 Å². The van der Waals surface area contributed by atoms with Crippen LogP contribution in [0.3, 0.4) is 0 Å². The van der Waals surface area contributed by atoms with Crippen LogP contribution >= 0.6 is 0 Å². The third kappa shape index (κ3) is 3.63.